The van der Waals surface area contributed by atoms with E-state index in [2.05, 4.69) is 0 Å². The highest BCUT2D eigenvalue weighted by atomic mass is 35.5. The van der Waals surface area contributed by atoms with Gasteiger partial charge >= 0.3 is 0 Å². The maximum absolute atomic E-state index is 12.0. The molecule has 1 aliphatic heterocycles. The van der Waals surface area contributed by atoms with Crippen molar-refractivity contribution in [1.29, 1.82) is 0 Å². The van der Waals surface area contributed by atoms with Gasteiger partial charge in [0.05, 0.1) is 4.34 Å². The first kappa shape index (κ1) is 15.1. The van der Waals surface area contributed by atoms with Crippen molar-refractivity contribution in [2.24, 2.45) is 11.7 Å². The lowest BCUT2D eigenvalue weighted by atomic mass is 9.93. The van der Waals surface area contributed by atoms with Crippen molar-refractivity contribution in [3.63, 3.8) is 0 Å². The van der Waals surface area contributed by atoms with Gasteiger partial charge in [-0.3, -0.25) is 9.59 Å². The van der Waals surface area contributed by atoms with Crippen LogP contribution in [0.5, 0.6) is 0 Å². The summed E-state index contributed by atoms with van der Waals surface area (Å²) in [5.41, 5.74) is 5.19. The van der Waals surface area contributed by atoms with Gasteiger partial charge in [-0.15, -0.1) is 11.3 Å². The minimum Gasteiger partial charge on any atom is -0.370 e. The Balaban J connectivity index is 1.82. The third-order valence-electron chi connectivity index (χ3n) is 3.40. The van der Waals surface area contributed by atoms with Gasteiger partial charge in [0.15, 0.2) is 0 Å². The van der Waals surface area contributed by atoms with Gasteiger partial charge in [-0.25, -0.2) is 0 Å². The van der Waals surface area contributed by atoms with Gasteiger partial charge in [-0.05, 0) is 37.0 Å². The molecule has 2 N–H and O–H groups in total. The minimum absolute atomic E-state index is 0.00653. The van der Waals surface area contributed by atoms with E-state index in [1.165, 1.54) is 11.3 Å². The van der Waals surface area contributed by atoms with Crippen molar-refractivity contribution in [3.8, 4) is 0 Å². The van der Waals surface area contributed by atoms with Crippen LogP contribution >= 0.6 is 22.9 Å². The zero-order valence-electron chi connectivity index (χ0n) is 11.0. The van der Waals surface area contributed by atoms with Crippen LogP contribution in [-0.4, -0.2) is 29.8 Å². The van der Waals surface area contributed by atoms with E-state index in [0.717, 1.165) is 17.7 Å². The summed E-state index contributed by atoms with van der Waals surface area (Å²) in [6.07, 6.45) is 5.47. The molecule has 1 aliphatic rings. The van der Waals surface area contributed by atoms with Crippen LogP contribution in [0.15, 0.2) is 18.2 Å². The van der Waals surface area contributed by atoms with Crippen LogP contribution in [0.1, 0.15) is 24.1 Å². The van der Waals surface area contributed by atoms with E-state index < -0.39 is 0 Å². The van der Waals surface area contributed by atoms with Crippen molar-refractivity contribution in [2.45, 2.75) is 19.3 Å². The van der Waals surface area contributed by atoms with E-state index in [9.17, 15) is 9.59 Å². The molecule has 0 aromatic carbocycles. The standard InChI is InChI=1S/C14H17ClN2O2S/c15-12-3-1-11(20-12)2-4-14(19)17-7-5-10(6-8-17)9-13(16)18/h1-4,10H,5-9H2,(H2,16,18). The number of thiophene rings is 1. The summed E-state index contributed by atoms with van der Waals surface area (Å²) >= 11 is 7.27. The SMILES string of the molecule is NC(=O)CC1CCN(C(=O)C=Cc2ccc(Cl)s2)CC1. The molecule has 1 aromatic heterocycles. The molecule has 2 heterocycles. The molecular weight excluding hydrogens is 296 g/mol. The molecule has 20 heavy (non-hydrogen) atoms. The maximum atomic E-state index is 12.0. The van der Waals surface area contributed by atoms with Gasteiger partial charge in [0.2, 0.25) is 11.8 Å². The summed E-state index contributed by atoms with van der Waals surface area (Å²) in [5, 5.41) is 0. The molecule has 2 rings (SSSR count). The fraction of sp³-hybridized carbons (Fsp3) is 0.429. The summed E-state index contributed by atoms with van der Waals surface area (Å²) in [6, 6.07) is 3.70. The second-order valence-corrected chi connectivity index (χ2v) is 6.66. The fourth-order valence-corrected chi connectivity index (χ4v) is 3.28. The lowest BCUT2D eigenvalue weighted by Crippen LogP contribution is -2.38. The molecule has 1 saturated heterocycles. The van der Waals surface area contributed by atoms with Crippen LogP contribution in [0.2, 0.25) is 4.34 Å². The predicted molar refractivity (Wildman–Crippen MR) is 81.5 cm³/mol. The van der Waals surface area contributed by atoms with Crippen molar-refractivity contribution in [1.82, 2.24) is 4.90 Å². The highest BCUT2D eigenvalue weighted by molar-refractivity contribution is 7.17. The Hall–Kier alpha value is -1.33. The molecular formula is C14H17ClN2O2S. The molecule has 0 atom stereocenters. The number of hydrogen-bond acceptors (Lipinski definition) is 3. The Morgan fingerprint density at radius 2 is 2.10 bits per heavy atom. The average molecular weight is 313 g/mol. The van der Waals surface area contributed by atoms with Gasteiger partial charge in [0, 0.05) is 30.5 Å². The van der Waals surface area contributed by atoms with Crippen molar-refractivity contribution < 1.29 is 9.59 Å². The van der Waals surface area contributed by atoms with Crippen LogP contribution in [0.4, 0.5) is 0 Å². The number of amides is 2. The number of piperidine rings is 1. The quantitative estimate of drug-likeness (QED) is 0.868. The lowest BCUT2D eigenvalue weighted by molar-refractivity contribution is -0.127. The molecule has 0 spiro atoms. The summed E-state index contributed by atoms with van der Waals surface area (Å²) in [6.45, 7) is 1.37. The van der Waals surface area contributed by atoms with E-state index in [0.29, 0.717) is 29.8 Å². The third kappa shape index (κ3) is 4.35. The normalized spacial score (nSPS) is 16.8. The number of hydrogen-bond donors (Lipinski definition) is 1. The van der Waals surface area contributed by atoms with E-state index in [1.807, 2.05) is 17.0 Å². The Bertz CT molecular complexity index is 519. The highest BCUT2D eigenvalue weighted by Crippen LogP contribution is 2.23. The van der Waals surface area contributed by atoms with Crippen molar-refractivity contribution >= 4 is 40.8 Å². The number of carbonyl (C=O) groups is 2. The molecule has 0 bridgehead atoms. The van der Waals surface area contributed by atoms with Gasteiger partial charge in [-0.1, -0.05) is 11.6 Å². The Morgan fingerprint density at radius 3 is 2.65 bits per heavy atom. The van der Waals surface area contributed by atoms with Crippen LogP contribution < -0.4 is 5.73 Å². The molecule has 108 valence electrons. The molecule has 4 nitrogen and oxygen atoms in total. The number of nitrogens with two attached hydrogens (primary N) is 1. The maximum Gasteiger partial charge on any atom is 0.246 e. The monoisotopic (exact) mass is 312 g/mol. The van der Waals surface area contributed by atoms with Gasteiger partial charge in [0.25, 0.3) is 0 Å². The number of primary amides is 1. The van der Waals surface area contributed by atoms with E-state index >= 15 is 0 Å². The summed E-state index contributed by atoms with van der Waals surface area (Å²) in [4.78, 5) is 25.7. The number of nitrogens with zero attached hydrogens (tertiary/aromatic N) is 1. The second kappa shape index (κ2) is 6.90. The van der Waals surface area contributed by atoms with Crippen LogP contribution in [0.25, 0.3) is 6.08 Å². The molecule has 1 aromatic rings. The number of halogens is 1. The molecule has 0 saturated carbocycles. The average Bonchev–Trinajstić information content (AvgIpc) is 2.82. The van der Waals surface area contributed by atoms with Crippen molar-refractivity contribution in [2.75, 3.05) is 13.1 Å². The molecule has 0 aliphatic carbocycles. The predicted octanol–water partition coefficient (Wildman–Crippen LogP) is 2.53. The van der Waals surface area contributed by atoms with Crippen LogP contribution in [-0.2, 0) is 9.59 Å². The zero-order chi connectivity index (χ0) is 14.5. The number of carbonyl (C=O) groups excluding carboxylic acids is 2. The summed E-state index contributed by atoms with van der Waals surface area (Å²) in [5.74, 6) is 0.0629. The summed E-state index contributed by atoms with van der Waals surface area (Å²) in [7, 11) is 0. The first-order valence-corrected chi connectivity index (χ1v) is 7.74. The number of likely N-dealkylation sites (tertiary alicyclic amines) is 1. The molecule has 0 unspecified atom stereocenters. The molecule has 2 amide bonds. The van der Waals surface area contributed by atoms with E-state index in [-0.39, 0.29) is 11.8 Å². The lowest BCUT2D eigenvalue weighted by Gasteiger charge is -2.30. The number of rotatable bonds is 4. The van der Waals surface area contributed by atoms with Crippen molar-refractivity contribution in [3.05, 3.63) is 27.4 Å². The van der Waals surface area contributed by atoms with Gasteiger partial charge < -0.3 is 10.6 Å². The Morgan fingerprint density at radius 1 is 1.40 bits per heavy atom. The topological polar surface area (TPSA) is 63.4 Å². The van der Waals surface area contributed by atoms with Crippen LogP contribution in [0, 0.1) is 5.92 Å². The first-order valence-electron chi connectivity index (χ1n) is 6.55. The Kier molecular flexibility index (Phi) is 5.20. The van der Waals surface area contributed by atoms with Crippen LogP contribution in [0.3, 0.4) is 0 Å². The highest BCUT2D eigenvalue weighted by Gasteiger charge is 2.22. The molecule has 1 fully saturated rings. The fourth-order valence-electron chi connectivity index (χ4n) is 2.32. The molecule has 0 radical (unpaired) electrons. The molecule has 6 heteroatoms. The third-order valence-corrected chi connectivity index (χ3v) is 4.60. The van der Waals surface area contributed by atoms with Gasteiger partial charge in [-0.2, -0.15) is 0 Å². The first-order chi connectivity index (χ1) is 9.54. The Labute approximate surface area is 127 Å². The minimum atomic E-state index is -0.260. The second-order valence-electron chi connectivity index (χ2n) is 4.91. The summed E-state index contributed by atoms with van der Waals surface area (Å²) < 4.78 is 0.712. The largest absolute Gasteiger partial charge is 0.370 e. The van der Waals surface area contributed by atoms with Gasteiger partial charge in [0.1, 0.15) is 0 Å². The van der Waals surface area contributed by atoms with E-state index in [4.69, 9.17) is 17.3 Å². The van der Waals surface area contributed by atoms with E-state index in [1.54, 1.807) is 12.2 Å². The smallest absolute Gasteiger partial charge is 0.246 e. The zero-order valence-corrected chi connectivity index (χ0v) is 12.6.